The van der Waals surface area contributed by atoms with Crippen LogP contribution in [0.25, 0.3) is 0 Å². The Balaban J connectivity index is 1.69. The van der Waals surface area contributed by atoms with Crippen molar-refractivity contribution in [3.63, 3.8) is 0 Å². The van der Waals surface area contributed by atoms with E-state index in [1.165, 1.54) is 12.1 Å². The first-order chi connectivity index (χ1) is 15.0. The highest BCUT2D eigenvalue weighted by Gasteiger charge is 2.33. The highest BCUT2D eigenvalue weighted by molar-refractivity contribution is 7.92. The third-order valence-electron chi connectivity index (χ3n) is 5.48. The lowest BCUT2D eigenvalue weighted by Crippen LogP contribution is -2.58. The lowest BCUT2D eigenvalue weighted by atomic mass is 10.00. The van der Waals surface area contributed by atoms with Crippen LogP contribution in [0.3, 0.4) is 0 Å². The largest absolute Gasteiger partial charge is 0.373 e. The van der Waals surface area contributed by atoms with Gasteiger partial charge in [0.05, 0.1) is 27.8 Å². The summed E-state index contributed by atoms with van der Waals surface area (Å²) in [5.74, 6) is -0.331. The minimum atomic E-state index is -3.90. The van der Waals surface area contributed by atoms with E-state index in [0.29, 0.717) is 11.6 Å². The second-order valence-corrected chi connectivity index (χ2v) is 10.9. The van der Waals surface area contributed by atoms with Gasteiger partial charge in [0.15, 0.2) is 0 Å². The topological polar surface area (TPSA) is 87.7 Å². The van der Waals surface area contributed by atoms with E-state index in [2.05, 4.69) is 28.8 Å². The van der Waals surface area contributed by atoms with Crippen molar-refractivity contribution in [3.8, 4) is 0 Å². The summed E-state index contributed by atoms with van der Waals surface area (Å²) in [4.78, 5) is 15.1. The predicted octanol–water partition coefficient (Wildman–Crippen LogP) is 3.76. The zero-order valence-electron chi connectivity index (χ0n) is 18.8. The molecule has 1 saturated heterocycles. The van der Waals surface area contributed by atoms with Gasteiger partial charge in [-0.05, 0) is 58.0 Å². The summed E-state index contributed by atoms with van der Waals surface area (Å²) >= 11 is 6.06. The monoisotopic (exact) mass is 479 g/mol. The molecule has 2 aromatic rings. The highest BCUT2D eigenvalue weighted by atomic mass is 35.5. The van der Waals surface area contributed by atoms with Crippen molar-refractivity contribution < 1.29 is 17.9 Å². The molecular weight excluding hydrogens is 450 g/mol. The SMILES string of the molecule is CC1CN(C(C)(C)CNC(=O)c2cccc(S(=O)(=O)Nc3ccccc3Cl)c2)CC(C)O1. The van der Waals surface area contributed by atoms with Crippen LogP contribution in [0.1, 0.15) is 38.1 Å². The van der Waals surface area contributed by atoms with E-state index in [4.69, 9.17) is 16.3 Å². The molecular formula is C23H30ClN3O4S. The minimum Gasteiger partial charge on any atom is -0.373 e. The van der Waals surface area contributed by atoms with E-state index < -0.39 is 10.0 Å². The number of para-hydroxylation sites is 1. The van der Waals surface area contributed by atoms with Crippen LogP contribution in [0.5, 0.6) is 0 Å². The third-order valence-corrected chi connectivity index (χ3v) is 7.17. The average Bonchev–Trinajstić information content (AvgIpc) is 2.73. The van der Waals surface area contributed by atoms with Gasteiger partial charge in [-0.1, -0.05) is 29.8 Å². The number of morpholine rings is 1. The highest BCUT2D eigenvalue weighted by Crippen LogP contribution is 2.25. The number of hydrogen-bond acceptors (Lipinski definition) is 5. The standard InChI is InChI=1S/C23H30ClN3O4S/c1-16-13-27(14-17(2)31-16)23(3,4)15-25-22(28)18-8-7-9-19(12-18)32(29,30)26-21-11-6-5-10-20(21)24/h5-12,16-17,26H,13-15H2,1-4H3,(H,25,28). The van der Waals surface area contributed by atoms with E-state index >= 15 is 0 Å². The molecule has 2 atom stereocenters. The second-order valence-electron chi connectivity index (χ2n) is 8.77. The number of benzene rings is 2. The van der Waals surface area contributed by atoms with Crippen LogP contribution in [-0.2, 0) is 14.8 Å². The van der Waals surface area contributed by atoms with Crippen molar-refractivity contribution in [2.45, 2.75) is 50.3 Å². The molecule has 2 aromatic carbocycles. The van der Waals surface area contributed by atoms with Gasteiger partial charge in [-0.2, -0.15) is 0 Å². The third kappa shape index (κ3) is 6.01. The Morgan fingerprint density at radius 2 is 1.78 bits per heavy atom. The number of ether oxygens (including phenoxy) is 1. The molecule has 0 spiro atoms. The van der Waals surface area contributed by atoms with E-state index in [0.717, 1.165) is 13.1 Å². The predicted molar refractivity (Wildman–Crippen MR) is 127 cm³/mol. The Kier molecular flexibility index (Phi) is 7.50. The van der Waals surface area contributed by atoms with Crippen LogP contribution < -0.4 is 10.0 Å². The van der Waals surface area contributed by atoms with Gasteiger partial charge in [-0.15, -0.1) is 0 Å². The van der Waals surface area contributed by atoms with Gasteiger partial charge in [0.1, 0.15) is 0 Å². The molecule has 1 heterocycles. The maximum Gasteiger partial charge on any atom is 0.261 e. The number of rotatable bonds is 7. The normalized spacial score (nSPS) is 20.0. The molecule has 1 aliphatic heterocycles. The average molecular weight is 480 g/mol. The minimum absolute atomic E-state index is 0.0137. The van der Waals surface area contributed by atoms with Crippen LogP contribution >= 0.6 is 11.6 Å². The van der Waals surface area contributed by atoms with Gasteiger partial charge < -0.3 is 10.1 Å². The summed E-state index contributed by atoms with van der Waals surface area (Å²) < 4.78 is 33.9. The maximum atomic E-state index is 12.8. The zero-order chi connectivity index (χ0) is 23.5. The molecule has 32 heavy (non-hydrogen) atoms. The number of amides is 1. The van der Waals surface area contributed by atoms with Crippen LogP contribution in [0.15, 0.2) is 53.4 Å². The molecule has 0 saturated carbocycles. The Labute approximate surface area is 195 Å². The molecule has 0 aliphatic carbocycles. The van der Waals surface area contributed by atoms with Gasteiger partial charge in [-0.3, -0.25) is 14.4 Å². The number of sulfonamides is 1. The molecule has 1 aliphatic rings. The Hall–Kier alpha value is -2.13. The van der Waals surface area contributed by atoms with Crippen molar-refractivity contribution in [3.05, 3.63) is 59.1 Å². The van der Waals surface area contributed by atoms with Crippen LogP contribution in [0.2, 0.25) is 5.02 Å². The zero-order valence-corrected chi connectivity index (χ0v) is 20.3. The van der Waals surface area contributed by atoms with Crippen molar-refractivity contribution >= 4 is 33.2 Å². The number of carbonyl (C=O) groups is 1. The van der Waals surface area contributed by atoms with Crippen LogP contribution in [-0.4, -0.2) is 56.6 Å². The molecule has 1 amide bonds. The van der Waals surface area contributed by atoms with Gasteiger partial charge >= 0.3 is 0 Å². The number of nitrogens with one attached hydrogen (secondary N) is 2. The number of carbonyl (C=O) groups excluding carboxylic acids is 1. The van der Waals surface area contributed by atoms with E-state index in [-0.39, 0.29) is 39.8 Å². The summed E-state index contributed by atoms with van der Waals surface area (Å²) in [6, 6.07) is 12.5. The molecule has 0 radical (unpaired) electrons. The number of nitrogens with zero attached hydrogens (tertiary/aromatic N) is 1. The fourth-order valence-corrected chi connectivity index (χ4v) is 5.10. The van der Waals surface area contributed by atoms with Crippen molar-refractivity contribution in [2.24, 2.45) is 0 Å². The molecule has 2 unspecified atom stereocenters. The summed E-state index contributed by atoms with van der Waals surface area (Å²) in [6.07, 6.45) is 0.252. The first-order valence-electron chi connectivity index (χ1n) is 10.5. The first kappa shape index (κ1) is 24.5. The van der Waals surface area contributed by atoms with E-state index in [9.17, 15) is 13.2 Å². The lowest BCUT2D eigenvalue weighted by Gasteiger charge is -2.45. The van der Waals surface area contributed by atoms with Gasteiger partial charge in [0.2, 0.25) is 0 Å². The van der Waals surface area contributed by atoms with Crippen LogP contribution in [0, 0.1) is 0 Å². The fraction of sp³-hybridized carbons (Fsp3) is 0.435. The fourth-order valence-electron chi connectivity index (χ4n) is 3.73. The molecule has 0 aromatic heterocycles. The molecule has 174 valence electrons. The van der Waals surface area contributed by atoms with Crippen LogP contribution in [0.4, 0.5) is 5.69 Å². The maximum absolute atomic E-state index is 12.8. The van der Waals surface area contributed by atoms with Gasteiger partial charge in [0, 0.05) is 30.7 Å². The Morgan fingerprint density at radius 3 is 2.44 bits per heavy atom. The molecule has 1 fully saturated rings. The van der Waals surface area contributed by atoms with Crippen molar-refractivity contribution in [1.82, 2.24) is 10.2 Å². The smallest absolute Gasteiger partial charge is 0.261 e. The molecule has 9 heteroatoms. The number of hydrogen-bond donors (Lipinski definition) is 2. The molecule has 2 N–H and O–H groups in total. The first-order valence-corrected chi connectivity index (χ1v) is 12.4. The Morgan fingerprint density at radius 1 is 1.12 bits per heavy atom. The lowest BCUT2D eigenvalue weighted by molar-refractivity contribution is -0.0948. The summed E-state index contributed by atoms with van der Waals surface area (Å²) in [6.45, 7) is 10.2. The second kappa shape index (κ2) is 9.79. The molecule has 0 bridgehead atoms. The molecule has 7 nitrogen and oxygen atoms in total. The van der Waals surface area contributed by atoms with Crippen molar-refractivity contribution in [2.75, 3.05) is 24.4 Å². The number of anilines is 1. The number of halogens is 1. The summed E-state index contributed by atoms with van der Waals surface area (Å²) in [5, 5.41) is 3.24. The van der Waals surface area contributed by atoms with E-state index in [1.807, 2.05) is 13.8 Å². The quantitative estimate of drug-likeness (QED) is 0.631. The summed E-state index contributed by atoms with van der Waals surface area (Å²) in [7, 11) is -3.90. The Bertz CT molecular complexity index is 1060. The summed E-state index contributed by atoms with van der Waals surface area (Å²) in [5.41, 5.74) is 0.267. The van der Waals surface area contributed by atoms with Crippen molar-refractivity contribution in [1.29, 1.82) is 0 Å². The molecule has 3 rings (SSSR count). The van der Waals surface area contributed by atoms with Gasteiger partial charge in [0.25, 0.3) is 15.9 Å². The van der Waals surface area contributed by atoms with Gasteiger partial charge in [-0.25, -0.2) is 8.42 Å². The van der Waals surface area contributed by atoms with E-state index in [1.54, 1.807) is 36.4 Å².